The van der Waals surface area contributed by atoms with Crippen molar-refractivity contribution < 1.29 is 13.9 Å². The van der Waals surface area contributed by atoms with Crippen LogP contribution < -0.4 is 15.0 Å². The van der Waals surface area contributed by atoms with Gasteiger partial charge in [0.05, 0.1) is 11.7 Å². The molecule has 1 N–H and O–H groups in total. The van der Waals surface area contributed by atoms with Gasteiger partial charge in [0.25, 0.3) is 5.91 Å². The lowest BCUT2D eigenvalue weighted by Crippen LogP contribution is -2.55. The summed E-state index contributed by atoms with van der Waals surface area (Å²) in [4.78, 5) is 25.3. The van der Waals surface area contributed by atoms with Crippen molar-refractivity contribution in [2.75, 3.05) is 51.3 Å². The van der Waals surface area contributed by atoms with E-state index in [9.17, 15) is 9.18 Å². The first-order chi connectivity index (χ1) is 16.7. The van der Waals surface area contributed by atoms with Gasteiger partial charge in [-0.3, -0.25) is 4.79 Å². The molecular weight excluding hydrogens is 469 g/mol. The zero-order valence-electron chi connectivity index (χ0n) is 20.8. The Bertz CT molecular complexity index is 1140. The number of hydrogen-bond donors (Lipinski definition) is 1. The highest BCUT2D eigenvalue weighted by atomic mass is 35.5. The highest BCUT2D eigenvalue weighted by molar-refractivity contribution is 6.35. The Labute approximate surface area is 211 Å². The van der Waals surface area contributed by atoms with Gasteiger partial charge in [-0.1, -0.05) is 30.7 Å². The lowest BCUT2D eigenvalue weighted by molar-refractivity contribution is 0.0606. The Morgan fingerprint density at radius 3 is 2.86 bits per heavy atom. The van der Waals surface area contributed by atoms with Gasteiger partial charge in [0.15, 0.2) is 5.75 Å². The monoisotopic (exact) mass is 501 g/mol. The van der Waals surface area contributed by atoms with E-state index in [4.69, 9.17) is 21.3 Å². The zero-order valence-corrected chi connectivity index (χ0v) is 21.5. The molecule has 0 spiro atoms. The van der Waals surface area contributed by atoms with Crippen LogP contribution >= 0.6 is 11.6 Å². The lowest BCUT2D eigenvalue weighted by atomic mass is 9.98. The molecule has 0 aliphatic carbocycles. The van der Waals surface area contributed by atoms with Crippen LogP contribution in [0.3, 0.4) is 0 Å². The molecule has 5 rings (SSSR count). The van der Waals surface area contributed by atoms with Crippen LogP contribution in [0.5, 0.6) is 5.75 Å². The first-order valence-corrected chi connectivity index (χ1v) is 12.7. The minimum Gasteiger partial charge on any atom is -0.489 e. The summed E-state index contributed by atoms with van der Waals surface area (Å²) in [5.41, 5.74) is 0.699. The van der Waals surface area contributed by atoms with Crippen molar-refractivity contribution >= 4 is 23.3 Å². The Morgan fingerprint density at radius 1 is 1.34 bits per heavy atom. The molecule has 3 aliphatic heterocycles. The normalized spacial score (nSPS) is 23.7. The number of pyridine rings is 1. The minimum absolute atomic E-state index is 0.102. The molecule has 1 amide bonds. The lowest BCUT2D eigenvalue weighted by Gasteiger charge is -2.36. The molecule has 2 saturated heterocycles. The van der Waals surface area contributed by atoms with Gasteiger partial charge in [-0.05, 0) is 46.0 Å². The molecule has 3 aliphatic rings. The van der Waals surface area contributed by atoms with Crippen molar-refractivity contribution in [2.24, 2.45) is 0 Å². The maximum atomic E-state index is 14.9. The number of benzene rings is 1. The number of nitrogens with zero attached hydrogens (tertiary/aromatic N) is 4. The van der Waals surface area contributed by atoms with Gasteiger partial charge in [-0.15, -0.1) is 0 Å². The Hall–Kier alpha value is -2.42. The van der Waals surface area contributed by atoms with E-state index in [1.54, 1.807) is 18.2 Å². The van der Waals surface area contributed by atoms with E-state index in [-0.39, 0.29) is 22.5 Å². The second kappa shape index (κ2) is 9.22. The third kappa shape index (κ3) is 4.15. The molecule has 188 valence electrons. The van der Waals surface area contributed by atoms with Gasteiger partial charge in [0, 0.05) is 43.3 Å². The van der Waals surface area contributed by atoms with E-state index in [1.807, 2.05) is 4.90 Å². The van der Waals surface area contributed by atoms with E-state index >= 15 is 0 Å². The number of rotatable bonds is 4. The summed E-state index contributed by atoms with van der Waals surface area (Å²) in [7, 11) is 2.12. The summed E-state index contributed by atoms with van der Waals surface area (Å²) in [6.45, 7) is 10.4. The molecule has 0 bridgehead atoms. The summed E-state index contributed by atoms with van der Waals surface area (Å²) in [5, 5.41) is 3.51. The smallest absolute Gasteiger partial charge is 0.261 e. The van der Waals surface area contributed by atoms with Crippen LogP contribution in [0.1, 0.15) is 37.6 Å². The predicted molar refractivity (Wildman–Crippen MR) is 136 cm³/mol. The van der Waals surface area contributed by atoms with Crippen molar-refractivity contribution in [1.29, 1.82) is 0 Å². The topological polar surface area (TPSA) is 60.9 Å². The third-order valence-corrected chi connectivity index (χ3v) is 8.04. The third-order valence-electron chi connectivity index (χ3n) is 7.69. The number of piperazine rings is 1. The molecule has 2 fully saturated rings. The number of nitrogens with one attached hydrogen (secondary N) is 1. The van der Waals surface area contributed by atoms with Crippen molar-refractivity contribution in [2.45, 2.75) is 44.8 Å². The molecule has 0 saturated carbocycles. The molecule has 2 aromatic rings. The second-order valence-corrected chi connectivity index (χ2v) is 10.7. The van der Waals surface area contributed by atoms with Gasteiger partial charge in [0.1, 0.15) is 28.8 Å². The van der Waals surface area contributed by atoms with Crippen LogP contribution in [0.15, 0.2) is 24.3 Å². The van der Waals surface area contributed by atoms with Crippen molar-refractivity contribution in [3.63, 3.8) is 0 Å². The summed E-state index contributed by atoms with van der Waals surface area (Å²) in [5.74, 6) is 0.275. The Balaban J connectivity index is 1.72. The SMILES string of the molecule is CCN(C)C1CN(c2nc(-c3ccccc3F)c(Cl)c3c2C(=O)N2CCNC[C@@H]2CO3)C(C)(C)C1. The van der Waals surface area contributed by atoms with Crippen LogP contribution in [-0.2, 0) is 0 Å². The zero-order chi connectivity index (χ0) is 24.9. The fraction of sp³-hybridized carbons (Fsp3) is 0.538. The van der Waals surface area contributed by atoms with E-state index in [0.717, 1.165) is 19.5 Å². The highest BCUT2D eigenvalue weighted by Crippen LogP contribution is 2.46. The largest absolute Gasteiger partial charge is 0.489 e. The summed E-state index contributed by atoms with van der Waals surface area (Å²) >= 11 is 6.85. The Kier molecular flexibility index (Phi) is 6.40. The standard InChI is InChI=1S/C26H33ClFN5O2/c1-5-31(4)16-12-26(2,3)33(14-16)24-20-23(35-15-17-13-29-10-11-32(17)25(20)34)21(27)22(30-24)18-8-6-7-9-19(18)28/h6-9,16-17,29H,5,10-15H2,1-4H3/t16?,17-/m1/s1. The number of halogens is 2. The molecule has 4 heterocycles. The number of anilines is 1. The quantitative estimate of drug-likeness (QED) is 0.690. The maximum Gasteiger partial charge on any atom is 0.261 e. The van der Waals surface area contributed by atoms with Crippen molar-refractivity contribution in [3.05, 3.63) is 40.7 Å². The van der Waals surface area contributed by atoms with Gasteiger partial charge >= 0.3 is 0 Å². The number of aromatic nitrogens is 1. The summed E-state index contributed by atoms with van der Waals surface area (Å²) in [6.07, 6.45) is 0.913. The molecule has 1 aromatic carbocycles. The van der Waals surface area contributed by atoms with Crippen molar-refractivity contribution in [1.82, 2.24) is 20.1 Å². The van der Waals surface area contributed by atoms with Gasteiger partial charge < -0.3 is 24.8 Å². The summed E-state index contributed by atoms with van der Waals surface area (Å²) in [6, 6.07) is 6.64. The van der Waals surface area contributed by atoms with Gasteiger partial charge in [-0.2, -0.15) is 0 Å². The minimum atomic E-state index is -0.418. The maximum absolute atomic E-state index is 14.9. The summed E-state index contributed by atoms with van der Waals surface area (Å²) < 4.78 is 21.2. The van der Waals surface area contributed by atoms with Crippen molar-refractivity contribution in [3.8, 4) is 17.0 Å². The molecule has 9 heteroatoms. The van der Waals surface area contributed by atoms with Crippen LogP contribution in [0, 0.1) is 5.82 Å². The fourth-order valence-electron chi connectivity index (χ4n) is 5.52. The number of likely N-dealkylation sites (N-methyl/N-ethyl adjacent to an activating group) is 1. The molecule has 0 radical (unpaired) electrons. The Morgan fingerprint density at radius 2 is 2.11 bits per heavy atom. The van der Waals surface area contributed by atoms with Crippen LogP contribution in [0.25, 0.3) is 11.3 Å². The number of ether oxygens (including phenoxy) is 1. The highest BCUT2D eigenvalue weighted by Gasteiger charge is 2.45. The molecule has 1 aromatic heterocycles. The van der Waals surface area contributed by atoms with Crippen LogP contribution in [0.4, 0.5) is 10.2 Å². The molecule has 35 heavy (non-hydrogen) atoms. The molecular formula is C26H33ClFN5O2. The fourth-order valence-corrected chi connectivity index (χ4v) is 5.81. The number of carbonyl (C=O) groups excluding carboxylic acids is 1. The van der Waals surface area contributed by atoms with Crippen LogP contribution in [0.2, 0.25) is 5.02 Å². The number of fused-ring (bicyclic) bond motifs is 2. The molecule has 1 unspecified atom stereocenters. The van der Waals surface area contributed by atoms with E-state index in [1.165, 1.54) is 6.07 Å². The second-order valence-electron chi connectivity index (χ2n) is 10.3. The molecule has 2 atom stereocenters. The van der Waals surface area contributed by atoms with E-state index < -0.39 is 5.82 Å². The first-order valence-electron chi connectivity index (χ1n) is 12.3. The number of amides is 1. The predicted octanol–water partition coefficient (Wildman–Crippen LogP) is 3.66. The number of hydrogen-bond acceptors (Lipinski definition) is 6. The van der Waals surface area contributed by atoms with E-state index in [0.29, 0.717) is 60.7 Å². The van der Waals surface area contributed by atoms with Gasteiger partial charge in [-0.25, -0.2) is 9.37 Å². The average molecular weight is 502 g/mol. The average Bonchev–Trinajstić information content (AvgIpc) is 3.09. The number of carbonyl (C=O) groups is 1. The van der Waals surface area contributed by atoms with E-state index in [2.05, 4.69) is 42.9 Å². The first kappa shape index (κ1) is 24.3. The van der Waals surface area contributed by atoms with Gasteiger partial charge in [0.2, 0.25) is 0 Å². The molecule has 7 nitrogen and oxygen atoms in total. The van der Waals surface area contributed by atoms with Crippen LogP contribution in [-0.4, -0.2) is 84.7 Å².